The summed E-state index contributed by atoms with van der Waals surface area (Å²) in [5, 5.41) is 54.3. The Balaban J connectivity index is 2.17. The van der Waals surface area contributed by atoms with Crippen LogP contribution in [0.25, 0.3) is 0 Å². The topological polar surface area (TPSA) is 149 Å². The highest BCUT2D eigenvalue weighted by Crippen LogP contribution is 2.22. The lowest BCUT2D eigenvalue weighted by molar-refractivity contribution is -0.302. The van der Waals surface area contributed by atoms with Crippen LogP contribution in [0.1, 0.15) is 200 Å². The lowest BCUT2D eigenvalue weighted by atomic mass is 9.99. The fourth-order valence-corrected chi connectivity index (χ4v) is 7.99. The van der Waals surface area contributed by atoms with Crippen molar-refractivity contribution in [3.8, 4) is 0 Å². The smallest absolute Gasteiger partial charge is 0.220 e. The molecule has 1 rings (SSSR count). The maximum Gasteiger partial charge on any atom is 0.220 e. The highest BCUT2D eigenvalue weighted by Gasteiger charge is 2.44. The number of ether oxygens (including phenoxy) is 2. The number of allylic oxidation sites excluding steroid dienone is 21. The quantitative estimate of drug-likeness (QED) is 0.0261. The summed E-state index contributed by atoms with van der Waals surface area (Å²) >= 11 is 0. The molecule has 0 radical (unpaired) electrons. The minimum Gasteiger partial charge on any atom is -0.394 e. The van der Waals surface area contributed by atoms with E-state index in [9.17, 15) is 30.3 Å². The lowest BCUT2D eigenvalue weighted by Gasteiger charge is -2.40. The molecule has 9 nitrogen and oxygen atoms in total. The van der Waals surface area contributed by atoms with E-state index in [0.29, 0.717) is 6.42 Å². The van der Waals surface area contributed by atoms with E-state index in [2.05, 4.69) is 141 Å². The molecular weight excluding hydrogens is 899 g/mol. The molecule has 1 fully saturated rings. The molecule has 0 aliphatic carbocycles. The molecule has 0 aromatic rings. The van der Waals surface area contributed by atoms with Gasteiger partial charge in [-0.05, 0) is 103 Å². The standard InChI is InChI=1S/C63H103NO8/c1-3-5-7-9-11-13-15-17-18-19-20-21-22-23-24-25-26-27-28-29-30-31-32-33-34-35-36-37-38-39-40-41-43-45-47-49-51-53-59(67)64-56(55-71-63-62(70)61(69)60(68)58(54-65)72-63)57(66)52-50-48-46-44-42-16-14-12-10-8-6-4-2/h5,7,11,13,17-18,20-21,23-24,26-27,29-30,32-33,35-36,42,44,50,52,56-58,60-63,65-66,68-70H,3-4,6,8-10,12,14-16,19,22,25,28,31,34,37-41,43,45-49,51,53-55H2,1-2H3,(H,64,67)/b7-5-,13-11-,18-17-,21-20-,24-23-,27-26-,30-29-,33-32-,36-35-,44-42+,52-50+. The van der Waals surface area contributed by atoms with E-state index in [0.717, 1.165) is 109 Å². The van der Waals surface area contributed by atoms with E-state index in [1.807, 2.05) is 6.08 Å². The van der Waals surface area contributed by atoms with E-state index < -0.39 is 49.5 Å². The van der Waals surface area contributed by atoms with Gasteiger partial charge in [-0.25, -0.2) is 0 Å². The zero-order chi connectivity index (χ0) is 52.2. The zero-order valence-corrected chi connectivity index (χ0v) is 45.1. The van der Waals surface area contributed by atoms with Crippen LogP contribution in [-0.2, 0) is 14.3 Å². The third-order valence-electron chi connectivity index (χ3n) is 12.5. The van der Waals surface area contributed by atoms with Crippen LogP contribution < -0.4 is 5.32 Å². The molecule has 408 valence electrons. The monoisotopic (exact) mass is 1000 g/mol. The van der Waals surface area contributed by atoms with Gasteiger partial charge in [-0.1, -0.05) is 225 Å². The minimum atomic E-state index is -1.58. The second-order valence-electron chi connectivity index (χ2n) is 19.0. The van der Waals surface area contributed by atoms with Crippen LogP contribution in [0.3, 0.4) is 0 Å². The van der Waals surface area contributed by atoms with Crippen molar-refractivity contribution in [2.75, 3.05) is 13.2 Å². The normalized spacial score (nSPS) is 20.2. The Hall–Kier alpha value is -3.67. The number of carbonyl (C=O) groups excluding carboxylic acids is 1. The summed E-state index contributed by atoms with van der Waals surface area (Å²) in [7, 11) is 0. The molecule has 1 amide bonds. The molecule has 0 bridgehead atoms. The molecule has 1 aliphatic rings. The molecule has 0 spiro atoms. The maximum absolute atomic E-state index is 13.0. The summed E-state index contributed by atoms with van der Waals surface area (Å²) in [5.74, 6) is -0.201. The fourth-order valence-electron chi connectivity index (χ4n) is 7.99. The molecule has 1 aliphatic heterocycles. The molecule has 72 heavy (non-hydrogen) atoms. The van der Waals surface area contributed by atoms with Gasteiger partial charge in [0.25, 0.3) is 0 Å². The summed E-state index contributed by atoms with van der Waals surface area (Å²) < 4.78 is 11.2. The predicted octanol–water partition coefficient (Wildman–Crippen LogP) is 14.1. The SMILES string of the molecule is CC/C=C\C/C=C\C/C=C\C/C=C\C/C=C\C/C=C\C/C=C\C/C=C\C/C=C\CCCCCCCCCCCC(=O)NC(COC1OC(CO)C(O)C(O)C1O)C(O)/C=C/CC/C=C/CCCCCCCC. The van der Waals surface area contributed by atoms with Crippen molar-refractivity contribution in [3.63, 3.8) is 0 Å². The van der Waals surface area contributed by atoms with Gasteiger partial charge in [0.15, 0.2) is 6.29 Å². The molecule has 7 atom stereocenters. The number of nitrogens with one attached hydrogen (secondary N) is 1. The molecule has 7 unspecified atom stereocenters. The molecule has 6 N–H and O–H groups in total. The largest absolute Gasteiger partial charge is 0.394 e. The Bertz CT molecular complexity index is 1580. The zero-order valence-electron chi connectivity index (χ0n) is 45.1. The molecule has 1 heterocycles. The van der Waals surface area contributed by atoms with Gasteiger partial charge in [0.2, 0.25) is 5.91 Å². The lowest BCUT2D eigenvalue weighted by Crippen LogP contribution is -2.60. The van der Waals surface area contributed by atoms with Crippen molar-refractivity contribution in [1.29, 1.82) is 0 Å². The molecule has 0 aromatic carbocycles. The van der Waals surface area contributed by atoms with Crippen LogP contribution in [-0.4, -0.2) is 87.5 Å². The minimum absolute atomic E-state index is 0.201. The first-order valence-corrected chi connectivity index (χ1v) is 28.4. The summed E-state index contributed by atoms with van der Waals surface area (Å²) in [4.78, 5) is 13.0. The highest BCUT2D eigenvalue weighted by molar-refractivity contribution is 5.76. The molecule has 0 saturated carbocycles. The van der Waals surface area contributed by atoms with Crippen molar-refractivity contribution < 1.29 is 39.8 Å². The van der Waals surface area contributed by atoms with Crippen molar-refractivity contribution in [2.45, 2.75) is 243 Å². The molecule has 1 saturated heterocycles. The van der Waals surface area contributed by atoms with Crippen LogP contribution >= 0.6 is 0 Å². The van der Waals surface area contributed by atoms with Crippen molar-refractivity contribution in [1.82, 2.24) is 5.32 Å². The number of unbranched alkanes of at least 4 members (excludes halogenated alkanes) is 16. The van der Waals surface area contributed by atoms with Crippen molar-refractivity contribution in [2.24, 2.45) is 0 Å². The average molecular weight is 1000 g/mol. The van der Waals surface area contributed by atoms with Gasteiger partial charge in [-0.3, -0.25) is 4.79 Å². The van der Waals surface area contributed by atoms with Crippen LogP contribution in [0.15, 0.2) is 134 Å². The number of carbonyl (C=O) groups is 1. The third kappa shape index (κ3) is 39.8. The van der Waals surface area contributed by atoms with Crippen LogP contribution in [0.5, 0.6) is 0 Å². The van der Waals surface area contributed by atoms with Crippen LogP contribution in [0, 0.1) is 0 Å². The van der Waals surface area contributed by atoms with E-state index >= 15 is 0 Å². The summed E-state index contributed by atoms with van der Waals surface area (Å²) in [6, 6.07) is -0.833. The number of hydrogen-bond donors (Lipinski definition) is 6. The van der Waals surface area contributed by atoms with Gasteiger partial charge < -0.3 is 40.3 Å². The Labute approximate surface area is 439 Å². The number of aliphatic hydroxyl groups excluding tert-OH is 5. The van der Waals surface area contributed by atoms with Gasteiger partial charge in [0.05, 0.1) is 25.4 Å². The van der Waals surface area contributed by atoms with E-state index in [1.165, 1.54) is 70.6 Å². The highest BCUT2D eigenvalue weighted by atomic mass is 16.7. The fraction of sp³-hybridized carbons (Fsp3) is 0.635. The van der Waals surface area contributed by atoms with E-state index in [-0.39, 0.29) is 12.5 Å². The van der Waals surface area contributed by atoms with Crippen LogP contribution in [0.2, 0.25) is 0 Å². The average Bonchev–Trinajstić information content (AvgIpc) is 3.38. The Kier molecular flexibility index (Phi) is 46.9. The third-order valence-corrected chi connectivity index (χ3v) is 12.5. The Morgan fingerprint density at radius 3 is 1.33 bits per heavy atom. The van der Waals surface area contributed by atoms with Crippen molar-refractivity contribution >= 4 is 5.91 Å². The number of amides is 1. The second kappa shape index (κ2) is 50.8. The Morgan fingerprint density at radius 2 is 0.875 bits per heavy atom. The summed E-state index contributed by atoms with van der Waals surface area (Å²) in [5.41, 5.74) is 0. The van der Waals surface area contributed by atoms with E-state index in [1.54, 1.807) is 6.08 Å². The summed E-state index contributed by atoms with van der Waals surface area (Å²) in [6.45, 7) is 3.60. The van der Waals surface area contributed by atoms with Gasteiger partial charge in [0.1, 0.15) is 24.4 Å². The second-order valence-corrected chi connectivity index (χ2v) is 19.0. The molecule has 9 heteroatoms. The van der Waals surface area contributed by atoms with Gasteiger partial charge in [0, 0.05) is 6.42 Å². The van der Waals surface area contributed by atoms with E-state index in [4.69, 9.17) is 9.47 Å². The first kappa shape index (κ1) is 66.3. The first-order valence-electron chi connectivity index (χ1n) is 28.4. The predicted molar refractivity (Wildman–Crippen MR) is 303 cm³/mol. The maximum atomic E-state index is 13.0. The number of hydrogen-bond acceptors (Lipinski definition) is 8. The number of rotatable bonds is 46. The number of aliphatic hydroxyl groups is 5. The van der Waals surface area contributed by atoms with Crippen molar-refractivity contribution in [3.05, 3.63) is 134 Å². The Morgan fingerprint density at radius 1 is 0.486 bits per heavy atom. The first-order chi connectivity index (χ1) is 35.3. The van der Waals surface area contributed by atoms with Crippen LogP contribution in [0.4, 0.5) is 0 Å². The van der Waals surface area contributed by atoms with Gasteiger partial charge in [-0.15, -0.1) is 0 Å². The summed E-state index contributed by atoms with van der Waals surface area (Å²) in [6.07, 6.45) is 70.9. The van der Waals surface area contributed by atoms with Gasteiger partial charge in [-0.2, -0.15) is 0 Å². The molecule has 0 aromatic heterocycles. The van der Waals surface area contributed by atoms with Gasteiger partial charge >= 0.3 is 0 Å². The molecular formula is C63H103NO8.